The van der Waals surface area contributed by atoms with Gasteiger partial charge in [-0.05, 0) is 87.5 Å². The van der Waals surface area contributed by atoms with Crippen LogP contribution in [0.25, 0.3) is 22.5 Å². The number of fused-ring (bicyclic) bond motifs is 1. The number of unbranched alkanes of at least 4 members (excludes halogenated alkanes) is 1. The predicted octanol–water partition coefficient (Wildman–Crippen LogP) is 6.86. The Kier molecular flexibility index (Phi) is 14.9. The number of pyridine rings is 1. The molecule has 2 amide bonds. The maximum Gasteiger partial charge on any atom is 0.389 e. The molecule has 3 N–H and O–H groups in total. The van der Waals surface area contributed by atoms with Gasteiger partial charge in [-0.2, -0.15) is 18.3 Å². The Morgan fingerprint density at radius 3 is 2.47 bits per heavy atom. The average molecular weight is 891 g/mol. The van der Waals surface area contributed by atoms with Crippen molar-refractivity contribution in [1.29, 1.82) is 0 Å². The summed E-state index contributed by atoms with van der Waals surface area (Å²) < 4.78 is 60.0. The molecule has 0 aliphatic heterocycles. The Balaban J connectivity index is 0.779. The van der Waals surface area contributed by atoms with Crippen molar-refractivity contribution in [2.24, 2.45) is 18.7 Å². The van der Waals surface area contributed by atoms with Crippen LogP contribution in [0.5, 0.6) is 0 Å². The number of halogens is 3. The van der Waals surface area contributed by atoms with Crippen LogP contribution in [0.2, 0.25) is 0 Å². The molecule has 0 bridgehead atoms. The van der Waals surface area contributed by atoms with E-state index < -0.39 is 30.5 Å². The molecule has 5 aromatic rings. The van der Waals surface area contributed by atoms with Crippen molar-refractivity contribution in [2.75, 3.05) is 31.7 Å². The predicted molar refractivity (Wildman–Crippen MR) is 228 cm³/mol. The third kappa shape index (κ3) is 11.4. The Morgan fingerprint density at radius 2 is 1.73 bits per heavy atom. The molecule has 4 aromatic heterocycles. The van der Waals surface area contributed by atoms with Crippen molar-refractivity contribution in [3.05, 3.63) is 82.1 Å². The quantitative estimate of drug-likeness (QED) is 0.0609. The number of nitrogens with one attached hydrogen (secondary N) is 1. The first-order valence-electron chi connectivity index (χ1n) is 21.8. The van der Waals surface area contributed by atoms with E-state index in [1.165, 1.54) is 18.3 Å². The fraction of sp³-hybridized carbons (Fsp3) is 0.511. The largest absolute Gasteiger partial charge is 0.444 e. The van der Waals surface area contributed by atoms with Gasteiger partial charge in [0.2, 0.25) is 5.89 Å². The summed E-state index contributed by atoms with van der Waals surface area (Å²) in [6.07, 6.45) is 7.11. The van der Waals surface area contributed by atoms with E-state index in [1.807, 2.05) is 18.2 Å². The summed E-state index contributed by atoms with van der Waals surface area (Å²) >= 11 is 0. The molecular formula is C45H53F3N8O8. The number of aromatic nitrogens is 6. The molecular weight excluding hydrogens is 838 g/mol. The fourth-order valence-corrected chi connectivity index (χ4v) is 8.74. The van der Waals surface area contributed by atoms with Gasteiger partial charge in [0.05, 0.1) is 48.4 Å². The van der Waals surface area contributed by atoms with E-state index >= 15 is 0 Å². The molecule has 16 nitrogen and oxygen atoms in total. The number of ether oxygens (including phenoxy) is 2. The summed E-state index contributed by atoms with van der Waals surface area (Å²) in [6.45, 7) is 2.17. The van der Waals surface area contributed by atoms with Crippen LogP contribution in [0, 0.1) is 5.92 Å². The number of alkyl halides is 3. The van der Waals surface area contributed by atoms with Gasteiger partial charge in [-0.15, -0.1) is 0 Å². The molecule has 2 aliphatic rings. The lowest BCUT2D eigenvalue weighted by Gasteiger charge is -2.28. The van der Waals surface area contributed by atoms with E-state index in [0.29, 0.717) is 62.7 Å². The highest BCUT2D eigenvalue weighted by atomic mass is 19.4. The van der Waals surface area contributed by atoms with Crippen LogP contribution in [0.15, 0.2) is 58.2 Å². The zero-order valence-electron chi connectivity index (χ0n) is 35.7. The zero-order valence-corrected chi connectivity index (χ0v) is 35.7. The molecule has 19 heteroatoms. The van der Waals surface area contributed by atoms with Crippen LogP contribution >= 0.6 is 0 Å². The second-order valence-electron chi connectivity index (χ2n) is 16.6. The van der Waals surface area contributed by atoms with E-state index in [-0.39, 0.29) is 64.8 Å². The Labute approximate surface area is 366 Å². The highest BCUT2D eigenvalue weighted by molar-refractivity contribution is 6.07. The molecule has 1 atom stereocenters. The van der Waals surface area contributed by atoms with Crippen LogP contribution in [0.4, 0.5) is 18.9 Å². The van der Waals surface area contributed by atoms with Crippen molar-refractivity contribution in [3.8, 4) is 11.5 Å². The highest BCUT2D eigenvalue weighted by Gasteiger charge is 2.32. The molecule has 0 spiro atoms. The van der Waals surface area contributed by atoms with E-state index in [1.54, 1.807) is 27.1 Å². The monoisotopic (exact) mass is 890 g/mol. The summed E-state index contributed by atoms with van der Waals surface area (Å²) in [5.74, 6) is -1.18. The number of nitrogens with two attached hydrogens (primary N) is 1. The first-order valence-corrected chi connectivity index (χ1v) is 21.8. The number of imidazole rings is 1. The lowest BCUT2D eigenvalue weighted by molar-refractivity contribution is -0.134. The highest BCUT2D eigenvalue weighted by Crippen LogP contribution is 2.36. The summed E-state index contributed by atoms with van der Waals surface area (Å²) in [4.78, 5) is 71.2. The Bertz CT molecular complexity index is 2520. The van der Waals surface area contributed by atoms with Gasteiger partial charge in [-0.25, -0.2) is 9.78 Å². The number of carbonyl (C=O) groups excluding carboxylic acids is 4. The molecule has 7 rings (SSSR count). The Hall–Kier alpha value is -5.95. The van der Waals surface area contributed by atoms with Gasteiger partial charge in [0, 0.05) is 56.8 Å². The van der Waals surface area contributed by atoms with Crippen molar-refractivity contribution in [1.82, 2.24) is 28.9 Å². The van der Waals surface area contributed by atoms with Gasteiger partial charge >= 0.3 is 11.9 Å². The summed E-state index contributed by atoms with van der Waals surface area (Å²) in [5.41, 5.74) is 8.40. The number of oxazole rings is 1. The number of para-hydroxylation sites is 1. The summed E-state index contributed by atoms with van der Waals surface area (Å²) in [7, 11) is 1.72. The normalized spacial score (nSPS) is 18.2. The van der Waals surface area contributed by atoms with Crippen LogP contribution in [-0.2, 0) is 39.0 Å². The standard InChI is InChI=1S/C45H53F3N8O8/c1-54-40-29(7-4-9-37(40)56(44(54)61)36-15-14-33(57)25-38(36)58)8-5-21-63-23-22-62-20-3-2-6-28-10-12-32(13-11-28)55-26-34(39(53-55)41(49)59)51-42(60)35-27-64-43(52-35)30-17-19-50-31(24-30)16-18-45(46,47)48/h4,7,9,17,19,24,26-28,32,36H,2-3,5-6,8,10-16,18,20-23,25H2,1H3,(H2,49,59)(H,51,60). The van der Waals surface area contributed by atoms with Gasteiger partial charge in [0.15, 0.2) is 17.2 Å². The number of nitrogens with zero attached hydrogens (tertiary/aromatic N) is 6. The van der Waals surface area contributed by atoms with Gasteiger partial charge in [0.1, 0.15) is 12.0 Å². The van der Waals surface area contributed by atoms with Gasteiger partial charge in [-0.1, -0.05) is 25.0 Å². The minimum Gasteiger partial charge on any atom is -0.444 e. The fourth-order valence-electron chi connectivity index (χ4n) is 8.74. The van der Waals surface area contributed by atoms with Crippen LogP contribution in [0.1, 0.15) is 121 Å². The lowest BCUT2D eigenvalue weighted by atomic mass is 9.83. The number of primary amides is 1. The molecule has 4 heterocycles. The molecule has 2 fully saturated rings. The van der Waals surface area contributed by atoms with Crippen molar-refractivity contribution < 1.29 is 46.2 Å². The van der Waals surface area contributed by atoms with Crippen molar-refractivity contribution in [2.45, 2.75) is 108 Å². The number of Topliss-reactive ketones (excluding diaryl/α,β-unsaturated/α-hetero) is 2. The first kappa shape index (κ1) is 46.1. The molecule has 1 unspecified atom stereocenters. The van der Waals surface area contributed by atoms with E-state index in [4.69, 9.17) is 19.6 Å². The second-order valence-corrected chi connectivity index (χ2v) is 16.6. The van der Waals surface area contributed by atoms with E-state index in [2.05, 4.69) is 20.4 Å². The van der Waals surface area contributed by atoms with Gasteiger partial charge in [0.25, 0.3) is 11.8 Å². The molecule has 64 heavy (non-hydrogen) atoms. The molecule has 0 saturated heterocycles. The van der Waals surface area contributed by atoms with Crippen LogP contribution in [0.3, 0.4) is 0 Å². The lowest BCUT2D eigenvalue weighted by Crippen LogP contribution is -2.34. The first-order chi connectivity index (χ1) is 30.8. The van der Waals surface area contributed by atoms with Crippen LogP contribution < -0.4 is 16.7 Å². The topological polar surface area (TPSA) is 208 Å². The number of hydrogen-bond acceptors (Lipinski definition) is 11. The molecule has 2 aliphatic carbocycles. The van der Waals surface area contributed by atoms with Gasteiger partial charge < -0.3 is 24.9 Å². The maximum absolute atomic E-state index is 13.2. The number of aryl methyl sites for hydroxylation is 3. The second kappa shape index (κ2) is 20.7. The minimum atomic E-state index is -4.32. The smallest absolute Gasteiger partial charge is 0.389 e. The molecule has 0 radical (unpaired) electrons. The maximum atomic E-state index is 13.2. The number of anilines is 1. The summed E-state index contributed by atoms with van der Waals surface area (Å²) in [6, 6.07) is 8.10. The third-order valence-corrected chi connectivity index (χ3v) is 12.1. The van der Waals surface area contributed by atoms with Crippen molar-refractivity contribution >= 4 is 40.1 Å². The van der Waals surface area contributed by atoms with Crippen molar-refractivity contribution in [3.63, 3.8) is 0 Å². The molecule has 2 saturated carbocycles. The number of amides is 2. The molecule has 342 valence electrons. The van der Waals surface area contributed by atoms with E-state index in [9.17, 15) is 37.1 Å². The number of ketones is 2. The number of benzene rings is 1. The number of rotatable bonds is 20. The Morgan fingerprint density at radius 1 is 0.969 bits per heavy atom. The average Bonchev–Trinajstić information content (AvgIpc) is 4.00. The number of hydrogen-bond donors (Lipinski definition) is 2. The molecule has 1 aromatic carbocycles. The SMILES string of the molecule is Cn1c(=O)n(C2CCC(=O)CC2=O)c2cccc(CCCOCCOCCCCC3CCC(n4cc(NC(=O)c5coc(-c6ccnc(CCC(F)(F)F)c6)n5)c(C(N)=O)n4)CC3)c21. The van der Waals surface area contributed by atoms with Crippen LogP contribution in [-0.4, -0.2) is 84.9 Å². The summed E-state index contributed by atoms with van der Waals surface area (Å²) in [5, 5.41) is 7.07. The zero-order chi connectivity index (χ0) is 45.4. The minimum absolute atomic E-state index is 0.0249. The third-order valence-electron chi connectivity index (χ3n) is 12.1. The van der Waals surface area contributed by atoms with E-state index in [0.717, 1.165) is 68.7 Å². The van der Waals surface area contributed by atoms with Gasteiger partial charge in [-0.3, -0.25) is 38.0 Å². The number of carbonyl (C=O) groups is 4.